The maximum Gasteiger partial charge on any atom is 0.246 e. The van der Waals surface area contributed by atoms with E-state index in [2.05, 4.69) is 5.32 Å². The minimum Gasteiger partial charge on any atom is -0.353 e. The fourth-order valence-corrected chi connectivity index (χ4v) is 5.77. The van der Waals surface area contributed by atoms with Crippen LogP contribution in [0.25, 0.3) is 0 Å². The lowest BCUT2D eigenvalue weighted by Crippen LogP contribution is -2.56. The first-order chi connectivity index (χ1) is 8.87. The van der Waals surface area contributed by atoms with Crippen LogP contribution in [-0.4, -0.2) is 37.8 Å². The molecule has 1 N–H and O–H groups in total. The Morgan fingerprint density at radius 3 is 2.74 bits per heavy atom. The van der Waals surface area contributed by atoms with Crippen LogP contribution in [0, 0.1) is 0 Å². The first kappa shape index (κ1) is 15.1. The fraction of sp³-hybridized carbons (Fsp3) is 0.500. The smallest absolute Gasteiger partial charge is 0.246 e. The number of halogens is 2. The van der Waals surface area contributed by atoms with Gasteiger partial charge in [-0.1, -0.05) is 30.1 Å². The summed E-state index contributed by atoms with van der Waals surface area (Å²) in [5, 5.41) is 2.65. The lowest BCUT2D eigenvalue weighted by Gasteiger charge is -2.33. The number of amides is 1. The Morgan fingerprint density at radius 1 is 1.53 bits per heavy atom. The van der Waals surface area contributed by atoms with Crippen LogP contribution in [0.5, 0.6) is 0 Å². The van der Waals surface area contributed by atoms with Gasteiger partial charge in [-0.25, -0.2) is 8.42 Å². The van der Waals surface area contributed by atoms with Gasteiger partial charge in [0.15, 0.2) is 0 Å². The van der Waals surface area contributed by atoms with Crippen molar-refractivity contribution in [3.05, 3.63) is 14.7 Å². The SMILES string of the molecule is CCC1C(=O)NCCN1S(=O)(=O)c1cc(Cl)sc1Cl. The maximum atomic E-state index is 12.5. The third-order valence-corrected chi connectivity index (χ3v) is 6.54. The number of rotatable bonds is 3. The van der Waals surface area contributed by atoms with E-state index >= 15 is 0 Å². The van der Waals surface area contributed by atoms with Gasteiger partial charge >= 0.3 is 0 Å². The molecule has 1 aliphatic heterocycles. The zero-order chi connectivity index (χ0) is 14.2. The molecule has 0 aliphatic carbocycles. The number of nitrogens with zero attached hydrogens (tertiary/aromatic N) is 1. The monoisotopic (exact) mass is 342 g/mol. The van der Waals surface area contributed by atoms with E-state index in [0.717, 1.165) is 11.3 Å². The molecule has 0 radical (unpaired) electrons. The molecule has 1 aromatic heterocycles. The van der Waals surface area contributed by atoms with Crippen LogP contribution in [0.4, 0.5) is 0 Å². The topological polar surface area (TPSA) is 66.5 Å². The van der Waals surface area contributed by atoms with Crippen molar-refractivity contribution in [3.8, 4) is 0 Å². The van der Waals surface area contributed by atoms with Gasteiger partial charge in [0.25, 0.3) is 0 Å². The van der Waals surface area contributed by atoms with Gasteiger partial charge in [-0.05, 0) is 12.5 Å². The van der Waals surface area contributed by atoms with Crippen molar-refractivity contribution in [3.63, 3.8) is 0 Å². The van der Waals surface area contributed by atoms with Crippen LogP contribution in [-0.2, 0) is 14.8 Å². The molecule has 0 bridgehead atoms. The van der Waals surface area contributed by atoms with Crippen molar-refractivity contribution in [2.45, 2.75) is 24.3 Å². The first-order valence-electron chi connectivity index (χ1n) is 5.62. The second-order valence-corrected chi connectivity index (χ2v) is 8.16. The minimum atomic E-state index is -3.80. The van der Waals surface area contributed by atoms with Gasteiger partial charge in [-0.2, -0.15) is 4.31 Å². The summed E-state index contributed by atoms with van der Waals surface area (Å²) in [6.07, 6.45) is 0.403. The maximum absolute atomic E-state index is 12.5. The van der Waals surface area contributed by atoms with Crippen molar-refractivity contribution in [1.29, 1.82) is 0 Å². The van der Waals surface area contributed by atoms with E-state index in [1.54, 1.807) is 6.92 Å². The van der Waals surface area contributed by atoms with E-state index in [9.17, 15) is 13.2 Å². The number of hydrogen-bond donors (Lipinski definition) is 1. The number of thiophene rings is 1. The summed E-state index contributed by atoms with van der Waals surface area (Å²) in [6.45, 7) is 2.29. The normalized spacial score (nSPS) is 21.4. The van der Waals surface area contributed by atoms with Crippen LogP contribution < -0.4 is 5.32 Å². The highest BCUT2D eigenvalue weighted by molar-refractivity contribution is 7.89. The summed E-state index contributed by atoms with van der Waals surface area (Å²) in [6, 6.07) is 0.622. The number of nitrogens with one attached hydrogen (secondary N) is 1. The highest BCUT2D eigenvalue weighted by Crippen LogP contribution is 2.36. The zero-order valence-corrected chi connectivity index (χ0v) is 13.2. The highest BCUT2D eigenvalue weighted by atomic mass is 35.5. The quantitative estimate of drug-likeness (QED) is 0.912. The molecule has 1 saturated heterocycles. The molecule has 1 unspecified atom stereocenters. The standard InChI is InChI=1S/C10H12Cl2N2O3S2/c1-2-6-10(15)13-3-4-14(6)19(16,17)7-5-8(11)18-9(7)12/h5-6H,2-4H2,1H3,(H,13,15). The van der Waals surface area contributed by atoms with E-state index < -0.39 is 16.1 Å². The molecule has 0 saturated carbocycles. The summed E-state index contributed by atoms with van der Waals surface area (Å²) < 4.78 is 26.7. The van der Waals surface area contributed by atoms with Crippen LogP contribution in [0.1, 0.15) is 13.3 Å². The van der Waals surface area contributed by atoms with Crippen LogP contribution in [0.3, 0.4) is 0 Å². The number of sulfonamides is 1. The molecule has 2 rings (SSSR count). The molecule has 1 aliphatic rings. The van der Waals surface area contributed by atoms with E-state index in [0.29, 0.717) is 17.3 Å². The molecular weight excluding hydrogens is 331 g/mol. The number of hydrogen-bond acceptors (Lipinski definition) is 4. The Kier molecular flexibility index (Phi) is 4.42. The molecule has 2 heterocycles. The van der Waals surface area contributed by atoms with Gasteiger partial charge in [-0.3, -0.25) is 4.79 Å². The summed E-state index contributed by atoms with van der Waals surface area (Å²) >= 11 is 12.7. The molecular formula is C10H12Cl2N2O3S2. The average molecular weight is 343 g/mol. The van der Waals surface area contributed by atoms with Crippen LogP contribution in [0.2, 0.25) is 8.67 Å². The Bertz CT molecular complexity index is 600. The molecule has 1 fully saturated rings. The number of carbonyl (C=O) groups is 1. The van der Waals surface area contributed by atoms with Crippen LogP contribution in [0.15, 0.2) is 11.0 Å². The molecule has 106 valence electrons. The van der Waals surface area contributed by atoms with E-state index in [4.69, 9.17) is 23.2 Å². The Labute approximate surface area is 125 Å². The van der Waals surface area contributed by atoms with Gasteiger partial charge in [0.05, 0.1) is 4.34 Å². The van der Waals surface area contributed by atoms with Crippen molar-refractivity contribution in [2.75, 3.05) is 13.1 Å². The molecule has 0 spiro atoms. The largest absolute Gasteiger partial charge is 0.353 e. The van der Waals surface area contributed by atoms with Crippen molar-refractivity contribution >= 4 is 50.5 Å². The van der Waals surface area contributed by atoms with E-state index in [1.165, 1.54) is 10.4 Å². The van der Waals surface area contributed by atoms with Gasteiger partial charge < -0.3 is 5.32 Å². The molecule has 19 heavy (non-hydrogen) atoms. The number of piperazine rings is 1. The second-order valence-electron chi connectivity index (χ2n) is 4.02. The van der Waals surface area contributed by atoms with Crippen LogP contribution >= 0.6 is 34.5 Å². The summed E-state index contributed by atoms with van der Waals surface area (Å²) in [5.41, 5.74) is 0. The van der Waals surface area contributed by atoms with E-state index in [1.807, 2.05) is 0 Å². The second kappa shape index (κ2) is 5.57. The van der Waals surface area contributed by atoms with Gasteiger partial charge in [0, 0.05) is 13.1 Å². The zero-order valence-electron chi connectivity index (χ0n) is 10.0. The predicted molar refractivity (Wildman–Crippen MR) is 75.3 cm³/mol. The Balaban J connectivity index is 2.43. The summed E-state index contributed by atoms with van der Waals surface area (Å²) in [5.74, 6) is -0.283. The fourth-order valence-electron chi connectivity index (χ4n) is 2.00. The predicted octanol–water partition coefficient (Wildman–Crippen LogP) is 1.95. The van der Waals surface area contributed by atoms with Gasteiger partial charge in [0.2, 0.25) is 15.9 Å². The molecule has 1 aromatic rings. The average Bonchev–Trinajstić information content (AvgIpc) is 2.68. The molecule has 1 amide bonds. The van der Waals surface area contributed by atoms with Gasteiger partial charge in [-0.15, -0.1) is 11.3 Å². The highest BCUT2D eigenvalue weighted by Gasteiger charge is 2.38. The van der Waals surface area contributed by atoms with Crippen molar-refractivity contribution in [1.82, 2.24) is 9.62 Å². The third-order valence-electron chi connectivity index (χ3n) is 2.88. The van der Waals surface area contributed by atoms with Gasteiger partial charge in [0.1, 0.15) is 15.3 Å². The first-order valence-corrected chi connectivity index (χ1v) is 8.63. The Hall–Kier alpha value is -0.340. The molecule has 1 atom stereocenters. The lowest BCUT2D eigenvalue weighted by molar-refractivity contribution is -0.126. The van der Waals surface area contributed by atoms with E-state index in [-0.39, 0.29) is 21.7 Å². The summed E-state index contributed by atoms with van der Waals surface area (Å²) in [7, 11) is -3.80. The third kappa shape index (κ3) is 2.75. The lowest BCUT2D eigenvalue weighted by atomic mass is 10.2. The molecule has 5 nitrogen and oxygen atoms in total. The number of carbonyl (C=O) groups excluding carboxylic acids is 1. The Morgan fingerprint density at radius 2 is 2.21 bits per heavy atom. The van der Waals surface area contributed by atoms with Crippen molar-refractivity contribution < 1.29 is 13.2 Å². The molecule has 9 heteroatoms. The summed E-state index contributed by atoms with van der Waals surface area (Å²) in [4.78, 5) is 11.7. The minimum absolute atomic E-state index is 0.0303. The van der Waals surface area contributed by atoms with Crippen molar-refractivity contribution in [2.24, 2.45) is 0 Å². The molecule has 0 aromatic carbocycles.